The molecule has 3 rings (SSSR count). The van der Waals surface area contributed by atoms with Crippen molar-refractivity contribution in [1.29, 1.82) is 0 Å². The molecule has 0 radical (unpaired) electrons. The highest BCUT2D eigenvalue weighted by atomic mass is 35.5. The van der Waals surface area contributed by atoms with Crippen molar-refractivity contribution in [2.24, 2.45) is 5.73 Å². The van der Waals surface area contributed by atoms with Crippen molar-refractivity contribution in [2.45, 2.75) is 0 Å². The lowest BCUT2D eigenvalue weighted by Crippen LogP contribution is -2.12. The van der Waals surface area contributed by atoms with E-state index in [2.05, 4.69) is 9.97 Å². The van der Waals surface area contributed by atoms with Gasteiger partial charge >= 0.3 is 0 Å². The number of rotatable bonds is 1. The van der Waals surface area contributed by atoms with Crippen LogP contribution in [-0.2, 0) is 0 Å². The molecule has 0 atom stereocenters. The number of carbonyl (C=O) groups excluding carboxylic acids is 1. The number of halogens is 1. The van der Waals surface area contributed by atoms with E-state index >= 15 is 0 Å². The first-order valence-electron chi connectivity index (χ1n) is 5.31. The van der Waals surface area contributed by atoms with Crippen LogP contribution in [0.5, 0.6) is 0 Å². The van der Waals surface area contributed by atoms with E-state index in [0.717, 1.165) is 11.0 Å². The molecule has 5 heteroatoms. The number of hydrogen-bond acceptors (Lipinski definition) is 3. The zero-order chi connectivity index (χ0) is 12.7. The first kappa shape index (κ1) is 10.9. The third kappa shape index (κ3) is 1.67. The van der Waals surface area contributed by atoms with Gasteiger partial charge in [0.2, 0.25) is 0 Å². The minimum Gasteiger partial charge on any atom is -0.366 e. The van der Waals surface area contributed by atoms with Crippen LogP contribution >= 0.6 is 11.6 Å². The number of amides is 1. The summed E-state index contributed by atoms with van der Waals surface area (Å²) in [4.78, 5) is 20.2. The molecule has 0 spiro atoms. The maximum absolute atomic E-state index is 11.4. The van der Waals surface area contributed by atoms with Crippen molar-refractivity contribution in [3.05, 3.63) is 47.0 Å². The smallest absolute Gasteiger partial charge is 0.251 e. The molecule has 2 aromatic carbocycles. The second kappa shape index (κ2) is 3.92. The summed E-state index contributed by atoms with van der Waals surface area (Å²) in [5.41, 5.74) is 8.13. The maximum atomic E-state index is 11.4. The van der Waals surface area contributed by atoms with E-state index in [9.17, 15) is 4.79 Å². The zero-order valence-corrected chi connectivity index (χ0v) is 9.98. The van der Waals surface area contributed by atoms with E-state index in [-0.39, 0.29) is 5.56 Å². The van der Waals surface area contributed by atoms with Crippen molar-refractivity contribution in [2.75, 3.05) is 0 Å². The van der Waals surface area contributed by atoms with Crippen LogP contribution < -0.4 is 5.73 Å². The van der Waals surface area contributed by atoms with E-state index in [1.807, 2.05) is 24.3 Å². The van der Waals surface area contributed by atoms with Gasteiger partial charge in [0.15, 0.2) is 0 Å². The van der Waals surface area contributed by atoms with Crippen LogP contribution in [-0.4, -0.2) is 15.9 Å². The predicted molar refractivity (Wildman–Crippen MR) is 70.6 cm³/mol. The lowest BCUT2D eigenvalue weighted by atomic mass is 10.1. The number of nitrogens with two attached hydrogens (primary N) is 1. The number of benzene rings is 2. The van der Waals surface area contributed by atoms with Crippen LogP contribution in [0.4, 0.5) is 0 Å². The lowest BCUT2D eigenvalue weighted by Gasteiger charge is -2.05. The molecule has 0 bridgehead atoms. The van der Waals surface area contributed by atoms with Gasteiger partial charge in [-0.3, -0.25) is 4.79 Å². The van der Waals surface area contributed by atoms with E-state index in [4.69, 9.17) is 17.3 Å². The first-order chi connectivity index (χ1) is 8.65. The molecule has 0 unspecified atom stereocenters. The Bertz CT molecular complexity index is 786. The highest BCUT2D eigenvalue weighted by Gasteiger charge is 2.11. The van der Waals surface area contributed by atoms with Crippen LogP contribution in [0.3, 0.4) is 0 Å². The summed E-state index contributed by atoms with van der Waals surface area (Å²) in [6.07, 6.45) is 0. The molecule has 0 saturated heterocycles. The number of primary amides is 1. The predicted octanol–water partition coefficient (Wildman–Crippen LogP) is 2.54. The number of carbonyl (C=O) groups is 1. The van der Waals surface area contributed by atoms with Gasteiger partial charge in [-0.05, 0) is 24.3 Å². The van der Waals surface area contributed by atoms with Crippen LogP contribution in [0.1, 0.15) is 10.4 Å². The number of nitrogens with zero attached hydrogens (tertiary/aromatic N) is 2. The van der Waals surface area contributed by atoms with Crippen LogP contribution in [0.2, 0.25) is 5.02 Å². The number of para-hydroxylation sites is 2. The monoisotopic (exact) mass is 257 g/mol. The Kier molecular flexibility index (Phi) is 2.38. The van der Waals surface area contributed by atoms with Gasteiger partial charge in [0, 0.05) is 5.02 Å². The molecule has 0 aliphatic rings. The van der Waals surface area contributed by atoms with Crippen LogP contribution in [0, 0.1) is 0 Å². The molecule has 1 aromatic heterocycles. The van der Waals surface area contributed by atoms with Gasteiger partial charge in [-0.15, -0.1) is 0 Å². The Labute approximate surface area is 107 Å². The molecule has 0 fully saturated rings. The van der Waals surface area contributed by atoms with Crippen molar-refractivity contribution in [1.82, 2.24) is 9.97 Å². The molecule has 1 heterocycles. The zero-order valence-electron chi connectivity index (χ0n) is 9.22. The van der Waals surface area contributed by atoms with Crippen molar-refractivity contribution in [3.8, 4) is 0 Å². The quantitative estimate of drug-likeness (QED) is 0.681. The van der Waals surface area contributed by atoms with Gasteiger partial charge in [-0.1, -0.05) is 23.7 Å². The van der Waals surface area contributed by atoms with Crippen LogP contribution in [0.15, 0.2) is 36.4 Å². The molecule has 4 nitrogen and oxygen atoms in total. The number of aromatic nitrogens is 2. The summed E-state index contributed by atoms with van der Waals surface area (Å²) < 4.78 is 0. The summed E-state index contributed by atoms with van der Waals surface area (Å²) in [5.74, 6) is -0.563. The second-order valence-corrected chi connectivity index (χ2v) is 4.33. The standard InChI is InChI=1S/C13H8ClN3O/c14-7-5-8(13(15)18)12-11(6-7)16-9-3-1-2-4-10(9)17-12/h1-6H,(H2,15,18). The van der Waals surface area contributed by atoms with E-state index in [1.54, 1.807) is 6.07 Å². The van der Waals surface area contributed by atoms with Gasteiger partial charge in [-0.2, -0.15) is 0 Å². The van der Waals surface area contributed by atoms with Crippen LogP contribution in [0.25, 0.3) is 22.1 Å². The Hall–Kier alpha value is -2.20. The SMILES string of the molecule is NC(=O)c1cc(Cl)cc2nc3ccccc3nc12. The molecular formula is C13H8ClN3O. The van der Waals surface area contributed by atoms with Crippen molar-refractivity contribution < 1.29 is 4.79 Å². The second-order valence-electron chi connectivity index (χ2n) is 3.90. The van der Waals surface area contributed by atoms with Gasteiger partial charge in [0.1, 0.15) is 5.52 Å². The fourth-order valence-electron chi connectivity index (χ4n) is 1.88. The molecule has 3 aromatic rings. The highest BCUT2D eigenvalue weighted by molar-refractivity contribution is 6.32. The lowest BCUT2D eigenvalue weighted by molar-refractivity contribution is 0.100. The molecular weight excluding hydrogens is 250 g/mol. The first-order valence-corrected chi connectivity index (χ1v) is 5.69. The van der Waals surface area contributed by atoms with E-state index < -0.39 is 5.91 Å². The Morgan fingerprint density at radius 3 is 2.39 bits per heavy atom. The summed E-state index contributed by atoms with van der Waals surface area (Å²) in [5, 5.41) is 0.417. The third-order valence-electron chi connectivity index (χ3n) is 2.67. The minimum atomic E-state index is -0.563. The minimum absolute atomic E-state index is 0.288. The van der Waals surface area contributed by atoms with Gasteiger partial charge in [0.25, 0.3) is 5.91 Å². The normalized spacial score (nSPS) is 10.9. The highest BCUT2D eigenvalue weighted by Crippen LogP contribution is 2.23. The molecule has 88 valence electrons. The fraction of sp³-hybridized carbons (Fsp3) is 0. The average Bonchev–Trinajstić information content (AvgIpc) is 2.35. The molecule has 0 saturated carbocycles. The largest absolute Gasteiger partial charge is 0.366 e. The molecule has 0 aliphatic carbocycles. The summed E-state index contributed by atoms with van der Waals surface area (Å²) in [7, 11) is 0. The number of fused-ring (bicyclic) bond motifs is 2. The van der Waals surface area contributed by atoms with Gasteiger partial charge < -0.3 is 5.73 Å². The van der Waals surface area contributed by atoms with E-state index in [0.29, 0.717) is 16.1 Å². The maximum Gasteiger partial charge on any atom is 0.251 e. The topological polar surface area (TPSA) is 68.9 Å². The van der Waals surface area contributed by atoms with Crippen molar-refractivity contribution >= 4 is 39.6 Å². The Morgan fingerprint density at radius 2 is 1.72 bits per heavy atom. The summed E-state index contributed by atoms with van der Waals surface area (Å²) in [6.45, 7) is 0. The molecule has 0 aliphatic heterocycles. The summed E-state index contributed by atoms with van der Waals surface area (Å²) >= 11 is 5.94. The Morgan fingerprint density at radius 1 is 1.06 bits per heavy atom. The van der Waals surface area contributed by atoms with Gasteiger partial charge in [-0.25, -0.2) is 9.97 Å². The van der Waals surface area contributed by atoms with Crippen molar-refractivity contribution in [3.63, 3.8) is 0 Å². The average molecular weight is 258 g/mol. The summed E-state index contributed by atoms with van der Waals surface area (Å²) in [6, 6.07) is 10.6. The molecule has 2 N–H and O–H groups in total. The molecule has 1 amide bonds. The van der Waals surface area contributed by atoms with Gasteiger partial charge in [0.05, 0.1) is 22.1 Å². The molecule has 18 heavy (non-hydrogen) atoms. The Balaban J connectivity index is 2.49. The number of hydrogen-bond donors (Lipinski definition) is 1. The third-order valence-corrected chi connectivity index (χ3v) is 2.89. The van der Waals surface area contributed by atoms with E-state index in [1.165, 1.54) is 6.07 Å². The fourth-order valence-corrected chi connectivity index (χ4v) is 2.09.